The van der Waals surface area contributed by atoms with Crippen LogP contribution in [0.2, 0.25) is 0 Å². The first-order valence-electron chi connectivity index (χ1n) is 6.22. The van der Waals surface area contributed by atoms with Crippen LogP contribution in [-0.4, -0.2) is 28.0 Å². The number of halogens is 1. The van der Waals surface area contributed by atoms with Gasteiger partial charge in [-0.2, -0.15) is 0 Å². The summed E-state index contributed by atoms with van der Waals surface area (Å²) in [6.07, 6.45) is 3.69. The molecule has 0 fully saturated rings. The van der Waals surface area contributed by atoms with Crippen molar-refractivity contribution in [2.75, 3.05) is 13.6 Å². The van der Waals surface area contributed by atoms with Crippen molar-refractivity contribution in [2.24, 2.45) is 12.8 Å². The molecule has 2 aromatic rings. The van der Waals surface area contributed by atoms with Crippen molar-refractivity contribution in [2.45, 2.75) is 12.6 Å². The van der Waals surface area contributed by atoms with Crippen LogP contribution in [0.15, 0.2) is 36.7 Å². The maximum atomic E-state index is 13.1. The highest BCUT2D eigenvalue weighted by atomic mass is 19.1. The lowest BCUT2D eigenvalue weighted by Gasteiger charge is -2.21. The largest absolute Gasteiger partial charge is 0.337 e. The number of nitrogens with zero attached hydrogens (tertiary/aromatic N) is 3. The van der Waals surface area contributed by atoms with Gasteiger partial charge < -0.3 is 10.3 Å². The number of rotatable bonds is 5. The molecule has 0 aliphatic heterocycles. The molecule has 19 heavy (non-hydrogen) atoms. The second-order valence-corrected chi connectivity index (χ2v) is 4.81. The summed E-state index contributed by atoms with van der Waals surface area (Å²) in [6.45, 7) is 1.36. The highest BCUT2D eigenvalue weighted by Gasteiger charge is 2.11. The molecular weight excluding hydrogens is 243 g/mol. The van der Waals surface area contributed by atoms with Gasteiger partial charge in [0.2, 0.25) is 0 Å². The van der Waals surface area contributed by atoms with Gasteiger partial charge in [-0.05, 0) is 24.7 Å². The Kier molecular flexibility index (Phi) is 4.29. The monoisotopic (exact) mass is 262 g/mol. The molecule has 1 unspecified atom stereocenters. The highest BCUT2D eigenvalue weighted by Crippen LogP contribution is 2.13. The van der Waals surface area contributed by atoms with Crippen molar-refractivity contribution in [1.82, 2.24) is 14.5 Å². The molecule has 1 atom stereocenters. The summed E-state index contributed by atoms with van der Waals surface area (Å²) >= 11 is 0. The van der Waals surface area contributed by atoms with Crippen LogP contribution in [0, 0.1) is 5.82 Å². The van der Waals surface area contributed by atoms with Crippen molar-refractivity contribution < 1.29 is 4.39 Å². The Bertz CT molecular complexity index is 538. The summed E-state index contributed by atoms with van der Waals surface area (Å²) in [4.78, 5) is 6.35. The van der Waals surface area contributed by atoms with Crippen LogP contribution in [0.3, 0.4) is 0 Å². The first kappa shape index (κ1) is 13.7. The molecule has 4 nitrogen and oxygen atoms in total. The Labute approximate surface area is 112 Å². The van der Waals surface area contributed by atoms with E-state index in [1.807, 2.05) is 30.9 Å². The van der Waals surface area contributed by atoms with Crippen molar-refractivity contribution in [1.29, 1.82) is 0 Å². The summed E-state index contributed by atoms with van der Waals surface area (Å²) in [5, 5.41) is 0. The normalized spacial score (nSPS) is 12.9. The molecule has 102 valence electrons. The molecule has 0 radical (unpaired) electrons. The minimum Gasteiger partial charge on any atom is -0.337 e. The Balaban J connectivity index is 1.95. The lowest BCUT2D eigenvalue weighted by molar-refractivity contribution is 0.294. The number of hydrogen-bond acceptors (Lipinski definition) is 3. The van der Waals surface area contributed by atoms with Crippen LogP contribution in [-0.2, 0) is 13.6 Å². The zero-order valence-electron chi connectivity index (χ0n) is 11.3. The third kappa shape index (κ3) is 3.62. The number of aromatic nitrogens is 2. The molecule has 0 bridgehead atoms. The van der Waals surface area contributed by atoms with Gasteiger partial charge in [-0.1, -0.05) is 12.1 Å². The van der Waals surface area contributed by atoms with Crippen LogP contribution in [0.25, 0.3) is 0 Å². The molecule has 0 amide bonds. The Hall–Kier alpha value is -1.72. The molecule has 5 heteroatoms. The molecule has 2 N–H and O–H groups in total. The van der Waals surface area contributed by atoms with E-state index in [9.17, 15) is 4.39 Å². The predicted octanol–water partition coefficient (Wildman–Crippen LogP) is 1.69. The smallest absolute Gasteiger partial charge is 0.123 e. The number of hydrogen-bond donors (Lipinski definition) is 1. The zero-order chi connectivity index (χ0) is 13.8. The Morgan fingerprint density at radius 2 is 2.26 bits per heavy atom. The minimum absolute atomic E-state index is 0.207. The summed E-state index contributed by atoms with van der Waals surface area (Å²) in [5.74, 6) is 0.730. The van der Waals surface area contributed by atoms with Gasteiger partial charge in [0.05, 0.1) is 6.54 Å². The van der Waals surface area contributed by atoms with E-state index in [0.717, 1.165) is 11.4 Å². The topological polar surface area (TPSA) is 47.1 Å². The first-order chi connectivity index (χ1) is 9.06. The number of likely N-dealkylation sites (N-methyl/N-ethyl adjacent to an activating group) is 1. The van der Waals surface area contributed by atoms with E-state index >= 15 is 0 Å². The van der Waals surface area contributed by atoms with E-state index in [2.05, 4.69) is 9.88 Å². The molecule has 1 heterocycles. The number of aryl methyl sites for hydroxylation is 1. The average Bonchev–Trinajstić information content (AvgIpc) is 2.75. The first-order valence-corrected chi connectivity index (χ1v) is 6.22. The van der Waals surface area contributed by atoms with E-state index in [-0.39, 0.29) is 11.9 Å². The van der Waals surface area contributed by atoms with Gasteiger partial charge in [-0.3, -0.25) is 4.90 Å². The van der Waals surface area contributed by atoms with Gasteiger partial charge in [-0.15, -0.1) is 0 Å². The van der Waals surface area contributed by atoms with Gasteiger partial charge >= 0.3 is 0 Å². The molecule has 0 saturated carbocycles. The van der Waals surface area contributed by atoms with Gasteiger partial charge in [0.15, 0.2) is 0 Å². The fourth-order valence-corrected chi connectivity index (χ4v) is 2.03. The van der Waals surface area contributed by atoms with E-state index in [1.165, 1.54) is 12.1 Å². The maximum absolute atomic E-state index is 13.1. The average molecular weight is 262 g/mol. The van der Waals surface area contributed by atoms with E-state index in [4.69, 9.17) is 5.73 Å². The van der Waals surface area contributed by atoms with E-state index in [0.29, 0.717) is 13.1 Å². The molecule has 0 aliphatic carbocycles. The van der Waals surface area contributed by atoms with Gasteiger partial charge in [0.1, 0.15) is 11.6 Å². The van der Waals surface area contributed by atoms with Gasteiger partial charge in [-0.25, -0.2) is 9.37 Å². The summed E-state index contributed by atoms with van der Waals surface area (Å²) in [6, 6.07) is 6.24. The lowest BCUT2D eigenvalue weighted by Crippen LogP contribution is -2.29. The van der Waals surface area contributed by atoms with Gasteiger partial charge in [0, 0.05) is 32.0 Å². The van der Waals surface area contributed by atoms with Crippen LogP contribution < -0.4 is 5.73 Å². The van der Waals surface area contributed by atoms with Crippen molar-refractivity contribution in [3.05, 3.63) is 53.9 Å². The fourth-order valence-electron chi connectivity index (χ4n) is 2.03. The number of nitrogens with two attached hydrogens (primary N) is 1. The molecule has 0 saturated heterocycles. The summed E-state index contributed by atoms with van der Waals surface area (Å²) in [5.41, 5.74) is 6.91. The maximum Gasteiger partial charge on any atom is 0.123 e. The Morgan fingerprint density at radius 3 is 2.89 bits per heavy atom. The van der Waals surface area contributed by atoms with E-state index in [1.54, 1.807) is 12.3 Å². The molecule has 0 spiro atoms. The van der Waals surface area contributed by atoms with Crippen LogP contribution in [0.1, 0.15) is 17.4 Å². The molecule has 1 aromatic heterocycles. The minimum atomic E-state index is -0.250. The van der Waals surface area contributed by atoms with Crippen molar-refractivity contribution in [3.8, 4) is 0 Å². The van der Waals surface area contributed by atoms with Crippen LogP contribution in [0.4, 0.5) is 4.39 Å². The second kappa shape index (κ2) is 5.95. The lowest BCUT2D eigenvalue weighted by atomic mass is 10.1. The SMILES string of the molecule is CN(Cc1nccn1C)CC(N)c1cccc(F)c1. The number of imidazole rings is 1. The van der Waals surface area contributed by atoms with Crippen LogP contribution in [0.5, 0.6) is 0 Å². The quantitative estimate of drug-likeness (QED) is 0.892. The predicted molar refractivity (Wildman–Crippen MR) is 72.9 cm³/mol. The molecule has 1 aromatic carbocycles. The second-order valence-electron chi connectivity index (χ2n) is 4.81. The molecular formula is C14H19FN4. The van der Waals surface area contributed by atoms with Crippen molar-refractivity contribution in [3.63, 3.8) is 0 Å². The number of benzene rings is 1. The Morgan fingerprint density at radius 1 is 1.47 bits per heavy atom. The van der Waals surface area contributed by atoms with Gasteiger partial charge in [0.25, 0.3) is 0 Å². The highest BCUT2D eigenvalue weighted by molar-refractivity contribution is 5.20. The third-order valence-electron chi connectivity index (χ3n) is 3.12. The van der Waals surface area contributed by atoms with Crippen molar-refractivity contribution >= 4 is 0 Å². The standard InChI is InChI=1S/C14H19FN4/c1-18(10-14-17-6-7-19(14)2)9-13(16)11-4-3-5-12(15)8-11/h3-8,13H,9-10,16H2,1-2H3. The molecule has 0 aliphatic rings. The van der Waals surface area contributed by atoms with E-state index < -0.39 is 0 Å². The third-order valence-corrected chi connectivity index (χ3v) is 3.12. The fraction of sp³-hybridized carbons (Fsp3) is 0.357. The summed E-state index contributed by atoms with van der Waals surface area (Å²) < 4.78 is 15.1. The zero-order valence-corrected chi connectivity index (χ0v) is 11.3. The molecule has 2 rings (SSSR count). The van der Waals surface area contributed by atoms with Crippen LogP contribution >= 0.6 is 0 Å². The summed E-state index contributed by atoms with van der Waals surface area (Å²) in [7, 11) is 3.94.